The Hall–Kier alpha value is -3.17. The first-order valence-electron chi connectivity index (χ1n) is 11.7. The Kier molecular flexibility index (Phi) is 6.51. The minimum Gasteiger partial charge on any atom is -0.497 e. The number of sulfonamides is 1. The smallest absolute Gasteiger partial charge is 0.321 e. The maximum atomic E-state index is 13.4. The Morgan fingerprint density at radius 2 is 1.83 bits per heavy atom. The standard InChI is InChI=1S/C27H31NO7S/c1-26(2,24(29)34-6)21-14-18(15-22-23(21)35-25(30)27(22,3)4)13-20-11-12-28(36(20,31)32)16-17-7-9-19(33-5)10-8-17/h7-10,13-15H,11-12,16H2,1-6H3. The summed E-state index contributed by atoms with van der Waals surface area (Å²) in [7, 11) is -0.809. The Morgan fingerprint density at radius 1 is 1.17 bits per heavy atom. The van der Waals surface area contributed by atoms with Crippen molar-refractivity contribution in [3.8, 4) is 11.5 Å². The molecule has 0 N–H and O–H groups in total. The van der Waals surface area contributed by atoms with Gasteiger partial charge in [-0.15, -0.1) is 0 Å². The van der Waals surface area contributed by atoms with Crippen molar-refractivity contribution in [3.63, 3.8) is 0 Å². The molecule has 192 valence electrons. The van der Waals surface area contributed by atoms with Gasteiger partial charge in [-0.05, 0) is 75.6 Å². The Morgan fingerprint density at radius 3 is 2.44 bits per heavy atom. The van der Waals surface area contributed by atoms with Gasteiger partial charge < -0.3 is 14.2 Å². The molecule has 0 atom stereocenters. The normalized spacial score (nSPS) is 19.7. The van der Waals surface area contributed by atoms with Crippen LogP contribution in [0.4, 0.5) is 0 Å². The summed E-state index contributed by atoms with van der Waals surface area (Å²) >= 11 is 0. The molecule has 1 saturated heterocycles. The molecule has 9 heteroatoms. The molecule has 4 rings (SSSR count). The SMILES string of the molecule is COC(=O)C(C)(C)c1cc(C=C2CCN(Cc3ccc(OC)cc3)S2(=O)=O)cc2c1OC(=O)C2(C)C. The third kappa shape index (κ3) is 4.30. The van der Waals surface area contributed by atoms with Crippen LogP contribution >= 0.6 is 0 Å². The summed E-state index contributed by atoms with van der Waals surface area (Å²) in [6.45, 7) is 7.48. The van der Waals surface area contributed by atoms with Crippen molar-refractivity contribution in [1.29, 1.82) is 0 Å². The topological polar surface area (TPSA) is 99.2 Å². The van der Waals surface area contributed by atoms with Crippen LogP contribution in [0.2, 0.25) is 0 Å². The van der Waals surface area contributed by atoms with E-state index in [2.05, 4.69) is 0 Å². The van der Waals surface area contributed by atoms with Gasteiger partial charge in [-0.2, -0.15) is 4.31 Å². The molecule has 1 fully saturated rings. The van der Waals surface area contributed by atoms with E-state index in [0.29, 0.717) is 41.2 Å². The predicted octanol–water partition coefficient (Wildman–Crippen LogP) is 3.92. The van der Waals surface area contributed by atoms with Crippen LogP contribution in [-0.2, 0) is 41.7 Å². The van der Waals surface area contributed by atoms with Crippen LogP contribution in [0.3, 0.4) is 0 Å². The summed E-state index contributed by atoms with van der Waals surface area (Å²) in [5, 5.41) is 0. The van der Waals surface area contributed by atoms with E-state index in [-0.39, 0.29) is 11.4 Å². The van der Waals surface area contributed by atoms with Gasteiger partial charge in [0.1, 0.15) is 11.5 Å². The lowest BCUT2D eigenvalue weighted by Gasteiger charge is -2.25. The number of esters is 2. The number of carbonyl (C=O) groups excluding carboxylic acids is 2. The van der Waals surface area contributed by atoms with Crippen molar-refractivity contribution in [2.24, 2.45) is 0 Å². The van der Waals surface area contributed by atoms with Gasteiger partial charge in [0, 0.05) is 24.2 Å². The monoisotopic (exact) mass is 513 g/mol. The number of nitrogens with zero attached hydrogens (tertiary/aromatic N) is 1. The molecule has 36 heavy (non-hydrogen) atoms. The quantitative estimate of drug-likeness (QED) is 0.426. The summed E-state index contributed by atoms with van der Waals surface area (Å²) < 4.78 is 43.9. The Bertz CT molecular complexity index is 1360. The third-order valence-electron chi connectivity index (χ3n) is 6.98. The number of hydrogen-bond donors (Lipinski definition) is 0. The van der Waals surface area contributed by atoms with Gasteiger partial charge in [0.2, 0.25) is 10.0 Å². The highest BCUT2D eigenvalue weighted by Gasteiger charge is 2.46. The average molecular weight is 514 g/mol. The number of rotatable bonds is 6. The van der Waals surface area contributed by atoms with Crippen LogP contribution in [0.15, 0.2) is 41.3 Å². The van der Waals surface area contributed by atoms with E-state index in [9.17, 15) is 18.0 Å². The van der Waals surface area contributed by atoms with Crippen LogP contribution in [0.1, 0.15) is 56.4 Å². The number of hydrogen-bond acceptors (Lipinski definition) is 7. The van der Waals surface area contributed by atoms with Crippen LogP contribution in [0.25, 0.3) is 6.08 Å². The van der Waals surface area contributed by atoms with Crippen LogP contribution in [-0.4, -0.2) is 45.4 Å². The minimum atomic E-state index is -3.69. The average Bonchev–Trinajstić information content (AvgIpc) is 3.24. The highest BCUT2D eigenvalue weighted by atomic mass is 32.2. The molecule has 0 aliphatic carbocycles. The van der Waals surface area contributed by atoms with E-state index < -0.39 is 32.8 Å². The van der Waals surface area contributed by atoms with Gasteiger partial charge in [0.15, 0.2) is 0 Å². The van der Waals surface area contributed by atoms with Crippen molar-refractivity contribution < 1.29 is 32.2 Å². The van der Waals surface area contributed by atoms with Crippen molar-refractivity contribution in [1.82, 2.24) is 4.31 Å². The maximum absolute atomic E-state index is 13.4. The fraction of sp³-hybridized carbons (Fsp3) is 0.407. The van der Waals surface area contributed by atoms with E-state index in [4.69, 9.17) is 14.2 Å². The summed E-state index contributed by atoms with van der Waals surface area (Å²) in [5.74, 6) is 0.118. The molecule has 2 aliphatic rings. The molecule has 2 heterocycles. The largest absolute Gasteiger partial charge is 0.497 e. The first kappa shape index (κ1) is 25.9. The summed E-state index contributed by atoms with van der Waals surface area (Å²) in [4.78, 5) is 25.5. The second-order valence-corrected chi connectivity index (χ2v) is 12.1. The molecular weight excluding hydrogens is 482 g/mol. The molecule has 0 amide bonds. The Balaban J connectivity index is 1.74. The van der Waals surface area contributed by atoms with Gasteiger partial charge in [0.05, 0.1) is 30.0 Å². The van der Waals surface area contributed by atoms with E-state index >= 15 is 0 Å². The zero-order valence-corrected chi connectivity index (χ0v) is 22.2. The first-order chi connectivity index (χ1) is 16.8. The highest BCUT2D eigenvalue weighted by molar-refractivity contribution is 7.93. The van der Waals surface area contributed by atoms with Crippen LogP contribution in [0, 0.1) is 0 Å². The lowest BCUT2D eigenvalue weighted by molar-refractivity contribution is -0.146. The van der Waals surface area contributed by atoms with E-state index in [1.807, 2.05) is 12.1 Å². The fourth-order valence-corrected chi connectivity index (χ4v) is 6.17. The number of benzene rings is 2. The van der Waals surface area contributed by atoms with E-state index in [1.54, 1.807) is 65.1 Å². The lowest BCUT2D eigenvalue weighted by atomic mass is 9.78. The van der Waals surface area contributed by atoms with Crippen molar-refractivity contribution in [2.75, 3.05) is 20.8 Å². The molecule has 0 aromatic heterocycles. The van der Waals surface area contributed by atoms with Gasteiger partial charge >= 0.3 is 11.9 Å². The summed E-state index contributed by atoms with van der Waals surface area (Å²) in [5.41, 5.74) is 0.458. The zero-order chi connectivity index (χ0) is 26.5. The van der Waals surface area contributed by atoms with Gasteiger partial charge in [-0.1, -0.05) is 12.1 Å². The highest BCUT2D eigenvalue weighted by Crippen LogP contribution is 2.47. The third-order valence-corrected chi connectivity index (χ3v) is 8.96. The molecule has 2 aliphatic heterocycles. The molecular formula is C27H31NO7S. The second kappa shape index (κ2) is 9.05. The Labute approximate surface area is 211 Å². The van der Waals surface area contributed by atoms with Gasteiger partial charge in [-0.3, -0.25) is 9.59 Å². The molecule has 0 spiro atoms. The first-order valence-corrected chi connectivity index (χ1v) is 13.1. The van der Waals surface area contributed by atoms with Crippen molar-refractivity contribution in [2.45, 2.75) is 51.5 Å². The summed E-state index contributed by atoms with van der Waals surface area (Å²) in [6, 6.07) is 10.8. The van der Waals surface area contributed by atoms with Crippen molar-refractivity contribution >= 4 is 28.0 Å². The van der Waals surface area contributed by atoms with Crippen LogP contribution < -0.4 is 9.47 Å². The molecule has 0 bridgehead atoms. The molecule has 8 nitrogen and oxygen atoms in total. The molecule has 2 aromatic rings. The number of carbonyl (C=O) groups is 2. The fourth-order valence-electron chi connectivity index (χ4n) is 4.55. The molecule has 2 aromatic carbocycles. The number of methoxy groups -OCH3 is 2. The minimum absolute atomic E-state index is 0.254. The van der Waals surface area contributed by atoms with Gasteiger partial charge in [-0.25, -0.2) is 8.42 Å². The van der Waals surface area contributed by atoms with Crippen LogP contribution in [0.5, 0.6) is 11.5 Å². The number of fused-ring (bicyclic) bond motifs is 1. The van der Waals surface area contributed by atoms with E-state index in [0.717, 1.165) is 5.56 Å². The second-order valence-electron chi connectivity index (χ2n) is 10.1. The molecule has 0 radical (unpaired) electrons. The van der Waals surface area contributed by atoms with Crippen molar-refractivity contribution in [3.05, 3.63) is 63.6 Å². The molecule has 0 saturated carbocycles. The number of ether oxygens (including phenoxy) is 3. The molecule has 0 unspecified atom stereocenters. The summed E-state index contributed by atoms with van der Waals surface area (Å²) in [6.07, 6.45) is 1.98. The maximum Gasteiger partial charge on any atom is 0.321 e. The zero-order valence-electron chi connectivity index (χ0n) is 21.4. The van der Waals surface area contributed by atoms with E-state index in [1.165, 1.54) is 11.4 Å². The van der Waals surface area contributed by atoms with Gasteiger partial charge in [0.25, 0.3) is 0 Å². The lowest BCUT2D eigenvalue weighted by Crippen LogP contribution is -2.30. The predicted molar refractivity (Wildman–Crippen MR) is 135 cm³/mol.